The summed E-state index contributed by atoms with van der Waals surface area (Å²) in [5.74, 6) is -6.88. The van der Waals surface area contributed by atoms with Crippen molar-refractivity contribution in [3.63, 3.8) is 0 Å². The van der Waals surface area contributed by atoms with Gasteiger partial charge in [0.2, 0.25) is 23.6 Å². The summed E-state index contributed by atoms with van der Waals surface area (Å²) >= 11 is 5.07. The number of thiazole rings is 2. The number of ether oxygens (including phenoxy) is 8. The van der Waals surface area contributed by atoms with Crippen molar-refractivity contribution in [1.29, 1.82) is 0 Å². The standard InChI is InChI=1S/C51H65F3IN5O10S.C34H52N4O8S/c1-33-47(71-32-57-33)35-11-9-34(10-12-35)30-56-49(64)44-29-38(62)31-60(44)50(65)40(51(2,3)4)28-37(61)17-20-67-22-24-69-26-25-68-23-21-66-18-7-5-6-8-19-70-59-48(63)39-14-15-41(52)45(54)46(39)58-43-16-13-36(55)27-42(43)53;1-24-31(47-23-37-24)26-7-5-25(6-8-26)21-36-32(41)30-20-28(40)22-38(30)33(42)29(34(2,3)4)19-27(39)9-11-43-13-15-45-17-18-46-16-14-44-12-10-35/h9-16,27,32,38,40,44,58,62H,5-8,17-26,28-31H2,1-4H3,(H,56,64)(H,59,63);5-8,23,28-30,40H,9-22,35H2,1-4H3,(H,36,41)/t38-,40-,44+;28-,29-,30+/m11/s1. The van der Waals surface area contributed by atoms with Crippen LogP contribution in [0.1, 0.15) is 139 Å². The van der Waals surface area contributed by atoms with Crippen molar-refractivity contribution in [2.24, 2.45) is 28.4 Å². The number of ketones is 2. The third kappa shape index (κ3) is 33.2. The second-order valence-electron chi connectivity index (χ2n) is 30.9. The highest BCUT2D eigenvalue weighted by Gasteiger charge is 2.46. The number of anilines is 2. The normalized spacial score (nSPS) is 16.0. The van der Waals surface area contributed by atoms with E-state index >= 15 is 0 Å². The van der Waals surface area contributed by atoms with Crippen LogP contribution in [0.2, 0.25) is 0 Å². The van der Waals surface area contributed by atoms with Gasteiger partial charge in [-0.1, -0.05) is 103 Å². The average molecular weight is 1800 g/mol. The highest BCUT2D eigenvalue weighted by molar-refractivity contribution is 14.1. The molecule has 118 heavy (non-hydrogen) atoms. The van der Waals surface area contributed by atoms with Crippen LogP contribution in [-0.4, -0.2) is 227 Å². The number of hydroxylamine groups is 1. The minimum Gasteiger partial charge on any atom is -0.391 e. The zero-order valence-electron chi connectivity index (χ0n) is 68.9. The van der Waals surface area contributed by atoms with Crippen LogP contribution in [0.25, 0.3) is 20.9 Å². The van der Waals surface area contributed by atoms with Crippen LogP contribution in [0, 0.1) is 57.5 Å². The first kappa shape index (κ1) is 97.8. The third-order valence-electron chi connectivity index (χ3n) is 19.7. The summed E-state index contributed by atoms with van der Waals surface area (Å²) in [5.41, 5.74) is 15.1. The molecule has 6 atom stereocenters. The summed E-state index contributed by atoms with van der Waals surface area (Å²) in [6, 6.07) is 20.2. The number of nitrogens with zero attached hydrogens (tertiary/aromatic N) is 4. The second-order valence-corrected chi connectivity index (χ2v) is 33.8. The summed E-state index contributed by atoms with van der Waals surface area (Å²) in [6.45, 7) is 22.8. The number of nitrogens with two attached hydrogens (primary N) is 1. The maximum absolute atomic E-state index is 14.6. The lowest BCUT2D eigenvalue weighted by molar-refractivity contribution is -0.146. The molecule has 2 aliphatic heterocycles. The molecule has 0 unspecified atom stereocenters. The van der Waals surface area contributed by atoms with E-state index in [1.165, 1.54) is 21.9 Å². The molecule has 2 fully saturated rings. The number of carbonyl (C=O) groups is 7. The van der Waals surface area contributed by atoms with E-state index in [9.17, 15) is 56.9 Å². The number of hydrogen-bond donors (Lipinski definition) is 7. The van der Waals surface area contributed by atoms with Gasteiger partial charge >= 0.3 is 0 Å². The number of benzene rings is 4. The molecule has 0 bridgehead atoms. The number of likely N-dealkylation sites (tertiary alicyclic amines) is 2. The highest BCUT2D eigenvalue weighted by Crippen LogP contribution is 2.37. The SMILES string of the molecule is Cc1ncsc1-c1ccc(CNC(=O)[C@@H]2C[C@@H](O)CN2C(=O)[C@@H](CC(=O)CCOCCOCCOCCOCCCCCCONC(=O)c2ccc(F)c(F)c2Nc2ccc(I)cc2F)C(C)(C)C)cc1.Cc1ncsc1-c1ccc(CNC(=O)[C@@H]2C[C@@H](O)CN2C(=O)[C@@H](CC(=O)CCOCCOCCOCCOCCN)C(C)(C)C)cc1. The number of hydrogen-bond acceptors (Lipinski definition) is 24. The molecule has 8 N–H and O–H groups in total. The Morgan fingerprint density at radius 3 is 1.34 bits per heavy atom. The van der Waals surface area contributed by atoms with Crippen LogP contribution >= 0.6 is 45.3 Å². The molecule has 0 radical (unpaired) electrons. The Bertz CT molecular complexity index is 4100. The lowest BCUT2D eigenvalue weighted by Crippen LogP contribution is -2.50. The van der Waals surface area contributed by atoms with Gasteiger partial charge in [0.15, 0.2) is 11.6 Å². The molecule has 4 aromatic carbocycles. The topological polar surface area (TPSA) is 349 Å². The molecule has 33 heteroatoms. The van der Waals surface area contributed by atoms with Crippen LogP contribution in [-0.2, 0) is 84.6 Å². The van der Waals surface area contributed by atoms with E-state index in [1.54, 1.807) is 28.7 Å². The minimum absolute atomic E-state index is 0.0111. The van der Waals surface area contributed by atoms with E-state index < -0.39 is 76.0 Å². The van der Waals surface area contributed by atoms with Gasteiger partial charge in [-0.3, -0.25) is 38.4 Å². The monoisotopic (exact) mass is 1800 g/mol. The van der Waals surface area contributed by atoms with Crippen molar-refractivity contribution < 1.29 is 99.7 Å². The fourth-order valence-electron chi connectivity index (χ4n) is 13.0. The first-order chi connectivity index (χ1) is 56.5. The Morgan fingerprint density at radius 2 is 0.941 bits per heavy atom. The Labute approximate surface area is 711 Å². The maximum atomic E-state index is 14.6. The van der Waals surface area contributed by atoms with Gasteiger partial charge in [-0.05, 0) is 113 Å². The molecular formula is C85H117F3IN9O18S2. The fourth-order valence-corrected chi connectivity index (χ4v) is 15.1. The molecule has 6 aromatic rings. The first-order valence-corrected chi connectivity index (χ1v) is 42.9. The minimum atomic E-state index is -1.32. The van der Waals surface area contributed by atoms with E-state index in [0.717, 1.165) is 74.8 Å². The van der Waals surface area contributed by atoms with E-state index in [1.807, 2.05) is 138 Å². The number of halogens is 4. The molecule has 2 aliphatic rings. The van der Waals surface area contributed by atoms with Gasteiger partial charge in [0.25, 0.3) is 5.91 Å². The van der Waals surface area contributed by atoms with Crippen molar-refractivity contribution in [2.45, 2.75) is 157 Å². The summed E-state index contributed by atoms with van der Waals surface area (Å²) in [5, 5.41) is 29.4. The van der Waals surface area contributed by atoms with Crippen LogP contribution in [0.4, 0.5) is 24.5 Å². The van der Waals surface area contributed by atoms with E-state index in [4.69, 9.17) is 48.5 Å². The predicted molar refractivity (Wildman–Crippen MR) is 451 cm³/mol. The Balaban J connectivity index is 0.000000354. The molecule has 2 saturated heterocycles. The van der Waals surface area contributed by atoms with Crippen LogP contribution in [0.5, 0.6) is 0 Å². The molecule has 4 heterocycles. The predicted octanol–water partition coefficient (Wildman–Crippen LogP) is 11.2. The summed E-state index contributed by atoms with van der Waals surface area (Å²) < 4.78 is 87.6. The van der Waals surface area contributed by atoms with Crippen LogP contribution in [0.3, 0.4) is 0 Å². The van der Waals surface area contributed by atoms with Gasteiger partial charge in [0, 0.05) is 93.3 Å². The summed E-state index contributed by atoms with van der Waals surface area (Å²) in [4.78, 5) is 112. The molecular weight excluding hydrogens is 1680 g/mol. The van der Waals surface area contributed by atoms with Crippen molar-refractivity contribution >= 4 is 97.7 Å². The number of rotatable bonds is 51. The van der Waals surface area contributed by atoms with E-state index in [-0.39, 0.29) is 131 Å². The number of unbranched alkanes of at least 4 members (excludes halogenated alkanes) is 3. The van der Waals surface area contributed by atoms with Crippen molar-refractivity contribution in [3.05, 3.63) is 139 Å². The smallest absolute Gasteiger partial charge is 0.277 e. The average Bonchev–Trinajstić information content (AvgIpc) is 1.22. The zero-order chi connectivity index (χ0) is 85.6. The Kier molecular flexibility index (Phi) is 42.6. The highest BCUT2D eigenvalue weighted by atomic mass is 127. The quantitative estimate of drug-likeness (QED) is 0.0106. The molecule has 2 aromatic heterocycles. The van der Waals surface area contributed by atoms with E-state index in [2.05, 4.69) is 31.4 Å². The fraction of sp³-hybridized carbons (Fsp3) is 0.565. The van der Waals surface area contributed by atoms with Gasteiger partial charge in [0.05, 0.1) is 167 Å². The molecule has 0 spiro atoms. The number of carbonyl (C=O) groups excluding carboxylic acids is 7. The van der Waals surface area contributed by atoms with Crippen LogP contribution < -0.4 is 27.2 Å². The van der Waals surface area contributed by atoms with Crippen LogP contribution in [0.15, 0.2) is 89.9 Å². The summed E-state index contributed by atoms with van der Waals surface area (Å²) in [6.07, 6.45) is 2.02. The van der Waals surface area contributed by atoms with Gasteiger partial charge in [-0.2, -0.15) is 0 Å². The number of amides is 5. The maximum Gasteiger partial charge on any atom is 0.277 e. The molecule has 27 nitrogen and oxygen atoms in total. The lowest BCUT2D eigenvalue weighted by atomic mass is 9.76. The third-order valence-corrected chi connectivity index (χ3v) is 22.3. The van der Waals surface area contributed by atoms with Gasteiger partial charge in [-0.25, -0.2) is 28.6 Å². The van der Waals surface area contributed by atoms with Crippen molar-refractivity contribution in [3.8, 4) is 20.9 Å². The zero-order valence-corrected chi connectivity index (χ0v) is 72.7. The number of aromatic nitrogens is 2. The number of Topliss-reactive ketones (excluding diaryl/α,β-unsaturated/α-hetero) is 2. The second kappa shape index (κ2) is 51.4. The number of β-amino-alcohol motifs (C(OH)–C–C–N with tert-alkyl or cyclic N) is 2. The van der Waals surface area contributed by atoms with Crippen molar-refractivity contribution in [1.82, 2.24) is 35.9 Å². The number of aryl methyl sites for hydroxylation is 2. The first-order valence-electron chi connectivity index (χ1n) is 40.0. The molecule has 5 amide bonds. The van der Waals surface area contributed by atoms with Gasteiger partial charge in [-0.15, -0.1) is 22.7 Å². The van der Waals surface area contributed by atoms with Gasteiger partial charge < -0.3 is 79.6 Å². The summed E-state index contributed by atoms with van der Waals surface area (Å²) in [7, 11) is 0. The Hall–Kier alpha value is -7.33. The van der Waals surface area contributed by atoms with Crippen molar-refractivity contribution in [2.75, 3.05) is 137 Å². The molecule has 0 aliphatic carbocycles. The molecule has 650 valence electrons. The van der Waals surface area contributed by atoms with E-state index in [0.29, 0.717) is 109 Å². The molecule has 8 rings (SSSR count). The largest absolute Gasteiger partial charge is 0.391 e. The Morgan fingerprint density at radius 1 is 0.534 bits per heavy atom. The molecule has 0 saturated carbocycles. The number of nitrogens with one attached hydrogen (secondary N) is 4. The number of aliphatic hydroxyl groups is 2. The lowest BCUT2D eigenvalue weighted by Gasteiger charge is -2.34. The number of aliphatic hydroxyl groups excluding tert-OH is 2. The van der Waals surface area contributed by atoms with Gasteiger partial charge in [0.1, 0.15) is 29.5 Å².